The van der Waals surface area contributed by atoms with E-state index in [2.05, 4.69) is 4.74 Å². The Labute approximate surface area is 72.1 Å². The van der Waals surface area contributed by atoms with Gasteiger partial charge in [-0.05, 0) is 12.3 Å². The average molecular weight is 170 g/mol. The van der Waals surface area contributed by atoms with E-state index in [-0.39, 0.29) is 29.0 Å². The predicted molar refractivity (Wildman–Crippen MR) is 43.5 cm³/mol. The van der Waals surface area contributed by atoms with Crippen LogP contribution in [0.4, 0.5) is 0 Å². The molecule has 12 heavy (non-hydrogen) atoms. The number of carbonyl (C=O) groups is 2. The van der Waals surface area contributed by atoms with Crippen molar-refractivity contribution in [3.63, 3.8) is 0 Å². The normalized spacial score (nSPS) is 31.0. The molecule has 0 unspecified atom stereocenters. The van der Waals surface area contributed by atoms with E-state index in [1.54, 1.807) is 0 Å². The molecule has 0 heterocycles. The van der Waals surface area contributed by atoms with Crippen LogP contribution >= 0.6 is 0 Å². The molecule has 1 fully saturated rings. The summed E-state index contributed by atoms with van der Waals surface area (Å²) >= 11 is 0. The molecular formula is C9H14O3. The summed E-state index contributed by atoms with van der Waals surface area (Å²) in [5.74, 6) is -0.541. The lowest BCUT2D eigenvalue weighted by Gasteiger charge is -1.98. The Balaban J connectivity index is 2.73. The lowest BCUT2D eigenvalue weighted by molar-refractivity contribution is -0.143. The zero-order chi connectivity index (χ0) is 9.52. The highest BCUT2D eigenvalue weighted by molar-refractivity contribution is 5.92. The summed E-state index contributed by atoms with van der Waals surface area (Å²) in [6.07, 6.45) is 0. The second-order valence-corrected chi connectivity index (χ2v) is 3.91. The smallest absolute Gasteiger partial charge is 0.309 e. The van der Waals surface area contributed by atoms with Crippen LogP contribution in [0.2, 0.25) is 0 Å². The number of methoxy groups -OCH3 is 1. The summed E-state index contributed by atoms with van der Waals surface area (Å²) in [6.45, 7) is 5.36. The van der Waals surface area contributed by atoms with Gasteiger partial charge in [0.05, 0.1) is 13.0 Å². The van der Waals surface area contributed by atoms with Crippen LogP contribution < -0.4 is 0 Å². The minimum absolute atomic E-state index is 0.0791. The van der Waals surface area contributed by atoms with Crippen molar-refractivity contribution in [2.24, 2.45) is 17.3 Å². The molecule has 1 rings (SSSR count). The average Bonchev–Trinajstić information content (AvgIpc) is 2.52. The number of esters is 1. The number of Topliss-reactive ketones (excluding diaryl/α,β-unsaturated/α-hetero) is 1. The SMILES string of the molecule is COC(=O)[C@H]1[C@H](C(C)=O)C1(C)C. The van der Waals surface area contributed by atoms with E-state index in [1.807, 2.05) is 13.8 Å². The molecule has 0 aromatic heterocycles. The van der Waals surface area contributed by atoms with Gasteiger partial charge < -0.3 is 4.74 Å². The Bertz CT molecular complexity index is 230. The standard InChI is InChI=1S/C9H14O3/c1-5(10)6-7(8(11)12-4)9(6,2)3/h6-7H,1-4H3/t6-,7+/m0/s1. The van der Waals surface area contributed by atoms with Crippen LogP contribution in [0.15, 0.2) is 0 Å². The van der Waals surface area contributed by atoms with E-state index < -0.39 is 0 Å². The van der Waals surface area contributed by atoms with Crippen molar-refractivity contribution in [1.82, 2.24) is 0 Å². The second kappa shape index (κ2) is 2.57. The van der Waals surface area contributed by atoms with Crippen LogP contribution in [0.3, 0.4) is 0 Å². The quantitative estimate of drug-likeness (QED) is 0.581. The molecule has 68 valence electrons. The van der Waals surface area contributed by atoms with Crippen molar-refractivity contribution in [3.05, 3.63) is 0 Å². The van der Waals surface area contributed by atoms with Crippen LogP contribution in [0, 0.1) is 17.3 Å². The van der Waals surface area contributed by atoms with Gasteiger partial charge in [-0.25, -0.2) is 0 Å². The van der Waals surface area contributed by atoms with Gasteiger partial charge in [-0.3, -0.25) is 9.59 Å². The zero-order valence-electron chi connectivity index (χ0n) is 7.88. The van der Waals surface area contributed by atoms with Crippen molar-refractivity contribution in [2.45, 2.75) is 20.8 Å². The Hall–Kier alpha value is -0.860. The number of hydrogen-bond donors (Lipinski definition) is 0. The molecule has 0 aromatic rings. The maximum atomic E-state index is 11.1. The molecule has 0 bridgehead atoms. The maximum Gasteiger partial charge on any atom is 0.309 e. The van der Waals surface area contributed by atoms with Gasteiger partial charge in [-0.1, -0.05) is 13.8 Å². The highest BCUT2D eigenvalue weighted by atomic mass is 16.5. The fourth-order valence-electron chi connectivity index (χ4n) is 1.96. The summed E-state index contributed by atoms with van der Waals surface area (Å²) in [6, 6.07) is 0. The molecular weight excluding hydrogens is 156 g/mol. The summed E-state index contributed by atoms with van der Waals surface area (Å²) in [4.78, 5) is 22.2. The van der Waals surface area contributed by atoms with Gasteiger partial charge in [0.1, 0.15) is 5.78 Å². The third-order valence-corrected chi connectivity index (χ3v) is 2.72. The molecule has 1 saturated carbocycles. The molecule has 0 spiro atoms. The molecule has 1 aliphatic rings. The van der Waals surface area contributed by atoms with Crippen molar-refractivity contribution in [1.29, 1.82) is 0 Å². The summed E-state index contributed by atoms with van der Waals surface area (Å²) < 4.78 is 4.60. The van der Waals surface area contributed by atoms with Gasteiger partial charge in [0.25, 0.3) is 0 Å². The Morgan fingerprint density at radius 1 is 1.25 bits per heavy atom. The highest BCUT2D eigenvalue weighted by Crippen LogP contribution is 2.58. The Morgan fingerprint density at radius 3 is 2.00 bits per heavy atom. The molecule has 1 aliphatic carbocycles. The molecule has 0 amide bonds. The summed E-state index contributed by atoms with van der Waals surface area (Å²) in [7, 11) is 1.36. The number of rotatable bonds is 2. The van der Waals surface area contributed by atoms with Crippen molar-refractivity contribution >= 4 is 11.8 Å². The molecule has 0 N–H and O–H groups in total. The highest BCUT2D eigenvalue weighted by Gasteiger charge is 2.64. The molecule has 0 aliphatic heterocycles. The van der Waals surface area contributed by atoms with Gasteiger partial charge in [0.2, 0.25) is 0 Å². The lowest BCUT2D eigenvalue weighted by atomic mass is 10.1. The van der Waals surface area contributed by atoms with Crippen molar-refractivity contribution in [2.75, 3.05) is 7.11 Å². The Kier molecular flexibility index (Phi) is 1.98. The first-order valence-electron chi connectivity index (χ1n) is 4.01. The maximum absolute atomic E-state index is 11.1. The summed E-state index contributed by atoms with van der Waals surface area (Å²) in [5, 5.41) is 0. The summed E-state index contributed by atoms with van der Waals surface area (Å²) in [5.41, 5.74) is -0.196. The number of ketones is 1. The van der Waals surface area contributed by atoms with Crippen LogP contribution in [0.25, 0.3) is 0 Å². The molecule has 0 saturated heterocycles. The molecule has 3 heteroatoms. The van der Waals surface area contributed by atoms with Crippen LogP contribution in [-0.4, -0.2) is 18.9 Å². The van der Waals surface area contributed by atoms with Crippen LogP contribution in [-0.2, 0) is 14.3 Å². The van der Waals surface area contributed by atoms with Crippen molar-refractivity contribution in [3.8, 4) is 0 Å². The first-order valence-corrected chi connectivity index (χ1v) is 4.01. The zero-order valence-corrected chi connectivity index (χ0v) is 7.88. The van der Waals surface area contributed by atoms with E-state index in [4.69, 9.17) is 0 Å². The van der Waals surface area contributed by atoms with Crippen LogP contribution in [0.5, 0.6) is 0 Å². The molecule has 0 aromatic carbocycles. The molecule has 0 radical (unpaired) electrons. The topological polar surface area (TPSA) is 43.4 Å². The van der Waals surface area contributed by atoms with Crippen molar-refractivity contribution < 1.29 is 14.3 Å². The first-order chi connectivity index (χ1) is 5.42. The third kappa shape index (κ3) is 1.13. The predicted octanol–water partition coefficient (Wildman–Crippen LogP) is 1.02. The Morgan fingerprint density at radius 2 is 1.75 bits per heavy atom. The number of carbonyl (C=O) groups excluding carboxylic acids is 2. The number of hydrogen-bond acceptors (Lipinski definition) is 3. The number of ether oxygens (including phenoxy) is 1. The van der Waals surface area contributed by atoms with Gasteiger partial charge in [0, 0.05) is 5.92 Å². The lowest BCUT2D eigenvalue weighted by Crippen LogP contribution is -2.08. The van der Waals surface area contributed by atoms with E-state index in [0.717, 1.165) is 0 Å². The van der Waals surface area contributed by atoms with Gasteiger partial charge in [0.15, 0.2) is 0 Å². The molecule has 2 atom stereocenters. The van der Waals surface area contributed by atoms with Gasteiger partial charge >= 0.3 is 5.97 Å². The molecule has 3 nitrogen and oxygen atoms in total. The van der Waals surface area contributed by atoms with Crippen LogP contribution in [0.1, 0.15) is 20.8 Å². The fraction of sp³-hybridized carbons (Fsp3) is 0.778. The van der Waals surface area contributed by atoms with E-state index in [9.17, 15) is 9.59 Å². The minimum atomic E-state index is -0.264. The minimum Gasteiger partial charge on any atom is -0.469 e. The first kappa shape index (κ1) is 9.23. The fourth-order valence-corrected chi connectivity index (χ4v) is 1.96. The second-order valence-electron chi connectivity index (χ2n) is 3.91. The van der Waals surface area contributed by atoms with E-state index in [1.165, 1.54) is 14.0 Å². The third-order valence-electron chi connectivity index (χ3n) is 2.72. The van der Waals surface area contributed by atoms with Gasteiger partial charge in [-0.2, -0.15) is 0 Å². The van der Waals surface area contributed by atoms with Gasteiger partial charge in [-0.15, -0.1) is 0 Å². The monoisotopic (exact) mass is 170 g/mol. The van der Waals surface area contributed by atoms with E-state index >= 15 is 0 Å². The largest absolute Gasteiger partial charge is 0.469 e. The van der Waals surface area contributed by atoms with E-state index in [0.29, 0.717) is 0 Å².